The number of aryl methyl sites for hydroxylation is 1. The molecular weight excluding hydrogens is 190 g/mol. The molecule has 0 radical (unpaired) electrons. The lowest BCUT2D eigenvalue weighted by atomic mass is 10.3. The van der Waals surface area contributed by atoms with Crippen LogP contribution in [0.25, 0.3) is 0 Å². The highest BCUT2D eigenvalue weighted by molar-refractivity contribution is 5.78. The Morgan fingerprint density at radius 2 is 2.00 bits per heavy atom. The third kappa shape index (κ3) is 3.02. The predicted molar refractivity (Wildman–Crippen MR) is 57.6 cm³/mol. The molecule has 0 aliphatic carbocycles. The molecule has 80 valence electrons. The van der Waals surface area contributed by atoms with E-state index in [1.54, 1.807) is 0 Å². The molecule has 1 aliphatic rings. The highest BCUT2D eigenvalue weighted by atomic mass is 16.5. The van der Waals surface area contributed by atoms with Crippen LogP contribution in [0.4, 0.5) is 0 Å². The lowest BCUT2D eigenvalue weighted by Gasteiger charge is -2.23. The molecule has 15 heavy (non-hydrogen) atoms. The Balaban J connectivity index is 1.95. The van der Waals surface area contributed by atoms with Crippen LogP contribution in [0.5, 0.6) is 0 Å². The summed E-state index contributed by atoms with van der Waals surface area (Å²) in [5.74, 6) is 0. The number of rotatable bonds is 2. The van der Waals surface area contributed by atoms with Gasteiger partial charge in [0.25, 0.3) is 0 Å². The van der Waals surface area contributed by atoms with Crippen molar-refractivity contribution >= 4 is 6.21 Å². The molecule has 0 aromatic carbocycles. The van der Waals surface area contributed by atoms with Crippen LogP contribution in [0.2, 0.25) is 0 Å². The number of ether oxygens (including phenoxy) is 1. The van der Waals surface area contributed by atoms with Crippen LogP contribution < -0.4 is 4.57 Å². The SMILES string of the molecule is C[n+]1ccc(/C=N/N2CCOCC2)cc1. The zero-order valence-electron chi connectivity index (χ0n) is 8.97. The minimum absolute atomic E-state index is 0.779. The molecular formula is C11H16N3O+. The molecule has 0 N–H and O–H groups in total. The second-order valence-electron chi connectivity index (χ2n) is 3.61. The van der Waals surface area contributed by atoms with Crippen LogP contribution in [0, 0.1) is 0 Å². The topological polar surface area (TPSA) is 28.7 Å². The molecule has 1 saturated heterocycles. The van der Waals surface area contributed by atoms with Gasteiger partial charge in [-0.05, 0) is 0 Å². The van der Waals surface area contributed by atoms with E-state index in [0.29, 0.717) is 0 Å². The summed E-state index contributed by atoms with van der Waals surface area (Å²) < 4.78 is 7.25. The van der Waals surface area contributed by atoms with Crippen molar-refractivity contribution in [2.75, 3.05) is 26.3 Å². The Hall–Kier alpha value is -1.42. The average Bonchev–Trinajstić information content (AvgIpc) is 2.30. The van der Waals surface area contributed by atoms with Crippen LogP contribution in [0.3, 0.4) is 0 Å². The standard InChI is InChI=1S/C11H16N3O/c1-13-4-2-11(3-5-13)10-12-14-6-8-15-9-7-14/h2-5,10H,6-9H2,1H3/q+1. The third-order valence-corrected chi connectivity index (χ3v) is 2.36. The van der Waals surface area contributed by atoms with Crippen molar-refractivity contribution in [1.29, 1.82) is 0 Å². The molecule has 0 saturated carbocycles. The minimum atomic E-state index is 0.779. The Labute approximate surface area is 89.8 Å². The normalized spacial score (nSPS) is 17.3. The second-order valence-corrected chi connectivity index (χ2v) is 3.61. The first-order valence-electron chi connectivity index (χ1n) is 5.16. The van der Waals surface area contributed by atoms with E-state index in [2.05, 4.69) is 5.10 Å². The summed E-state index contributed by atoms with van der Waals surface area (Å²) in [5, 5.41) is 6.44. The zero-order chi connectivity index (χ0) is 10.5. The summed E-state index contributed by atoms with van der Waals surface area (Å²) >= 11 is 0. The molecule has 0 unspecified atom stereocenters. The molecule has 0 spiro atoms. The van der Waals surface area contributed by atoms with Crippen molar-refractivity contribution in [3.63, 3.8) is 0 Å². The largest absolute Gasteiger partial charge is 0.378 e. The van der Waals surface area contributed by atoms with Gasteiger partial charge in [0.2, 0.25) is 0 Å². The maximum absolute atomic E-state index is 5.25. The summed E-state index contributed by atoms with van der Waals surface area (Å²) in [6.07, 6.45) is 5.92. The molecule has 1 aromatic rings. The van der Waals surface area contributed by atoms with Crippen molar-refractivity contribution < 1.29 is 9.30 Å². The van der Waals surface area contributed by atoms with E-state index in [9.17, 15) is 0 Å². The minimum Gasteiger partial charge on any atom is -0.378 e. The molecule has 0 atom stereocenters. The lowest BCUT2D eigenvalue weighted by Crippen LogP contribution is -2.32. The first-order valence-corrected chi connectivity index (χ1v) is 5.16. The number of hydrogen-bond acceptors (Lipinski definition) is 3. The van der Waals surface area contributed by atoms with Crippen LogP contribution in [0.15, 0.2) is 29.6 Å². The van der Waals surface area contributed by atoms with E-state index >= 15 is 0 Å². The highest BCUT2D eigenvalue weighted by Crippen LogP contribution is 1.98. The molecule has 0 amide bonds. The highest BCUT2D eigenvalue weighted by Gasteiger charge is 2.06. The number of nitrogens with zero attached hydrogens (tertiary/aromatic N) is 3. The maximum Gasteiger partial charge on any atom is 0.169 e. The smallest absolute Gasteiger partial charge is 0.169 e. The van der Waals surface area contributed by atoms with Crippen LogP contribution in [-0.2, 0) is 11.8 Å². The first kappa shape index (κ1) is 10.1. The number of morpholine rings is 1. The van der Waals surface area contributed by atoms with Gasteiger partial charge in [0.05, 0.1) is 32.5 Å². The van der Waals surface area contributed by atoms with Gasteiger partial charge in [-0.15, -0.1) is 0 Å². The van der Waals surface area contributed by atoms with Gasteiger partial charge in [-0.1, -0.05) is 0 Å². The average molecular weight is 206 g/mol. The van der Waals surface area contributed by atoms with Crippen molar-refractivity contribution in [3.8, 4) is 0 Å². The Bertz CT molecular complexity index is 328. The van der Waals surface area contributed by atoms with Gasteiger partial charge in [-0.3, -0.25) is 5.01 Å². The van der Waals surface area contributed by atoms with Gasteiger partial charge < -0.3 is 4.74 Å². The van der Waals surface area contributed by atoms with Gasteiger partial charge in [0.15, 0.2) is 12.4 Å². The first-order chi connectivity index (χ1) is 7.34. The fourth-order valence-electron chi connectivity index (χ4n) is 1.42. The molecule has 2 rings (SSSR count). The fourth-order valence-corrected chi connectivity index (χ4v) is 1.42. The molecule has 1 aliphatic heterocycles. The fraction of sp³-hybridized carbons (Fsp3) is 0.455. The second kappa shape index (κ2) is 4.89. The molecule has 0 bridgehead atoms. The number of pyridine rings is 1. The third-order valence-electron chi connectivity index (χ3n) is 2.36. The number of hydrazone groups is 1. The van der Waals surface area contributed by atoms with E-state index in [1.165, 1.54) is 0 Å². The summed E-state index contributed by atoms with van der Waals surface area (Å²) in [6, 6.07) is 4.09. The van der Waals surface area contributed by atoms with Crippen molar-refractivity contribution in [3.05, 3.63) is 30.1 Å². The van der Waals surface area contributed by atoms with Crippen molar-refractivity contribution in [2.24, 2.45) is 12.1 Å². The molecule has 4 heteroatoms. The molecule has 1 aromatic heterocycles. The predicted octanol–water partition coefficient (Wildman–Crippen LogP) is 0.177. The number of aromatic nitrogens is 1. The van der Waals surface area contributed by atoms with Crippen molar-refractivity contribution in [2.45, 2.75) is 0 Å². The van der Waals surface area contributed by atoms with E-state index in [0.717, 1.165) is 31.9 Å². The molecule has 1 fully saturated rings. The summed E-state index contributed by atoms with van der Waals surface area (Å²) in [6.45, 7) is 3.33. The maximum atomic E-state index is 5.25. The van der Waals surface area contributed by atoms with Gasteiger partial charge in [0, 0.05) is 17.7 Å². The summed E-state index contributed by atoms with van der Waals surface area (Å²) in [7, 11) is 2.00. The van der Waals surface area contributed by atoms with Gasteiger partial charge >= 0.3 is 0 Å². The van der Waals surface area contributed by atoms with E-state index in [-0.39, 0.29) is 0 Å². The van der Waals surface area contributed by atoms with Gasteiger partial charge in [-0.2, -0.15) is 5.10 Å². The summed E-state index contributed by atoms with van der Waals surface area (Å²) in [5.41, 5.74) is 1.12. The van der Waals surface area contributed by atoms with Crippen LogP contribution >= 0.6 is 0 Å². The van der Waals surface area contributed by atoms with Gasteiger partial charge in [-0.25, -0.2) is 4.57 Å². The monoisotopic (exact) mass is 206 g/mol. The molecule has 4 nitrogen and oxygen atoms in total. The van der Waals surface area contributed by atoms with Crippen LogP contribution in [0.1, 0.15) is 5.56 Å². The zero-order valence-corrected chi connectivity index (χ0v) is 8.97. The van der Waals surface area contributed by atoms with E-state index in [1.807, 2.05) is 47.4 Å². The van der Waals surface area contributed by atoms with E-state index in [4.69, 9.17) is 4.74 Å². The summed E-state index contributed by atoms with van der Waals surface area (Å²) in [4.78, 5) is 0. The quantitative estimate of drug-likeness (QED) is 0.510. The van der Waals surface area contributed by atoms with E-state index < -0.39 is 0 Å². The lowest BCUT2D eigenvalue weighted by molar-refractivity contribution is -0.671. The number of hydrogen-bond donors (Lipinski definition) is 0. The van der Waals surface area contributed by atoms with Gasteiger partial charge in [0.1, 0.15) is 7.05 Å². The van der Waals surface area contributed by atoms with Crippen LogP contribution in [-0.4, -0.2) is 37.5 Å². The Kier molecular flexibility index (Phi) is 3.29. The molecule has 2 heterocycles. The Morgan fingerprint density at radius 3 is 2.67 bits per heavy atom. The Morgan fingerprint density at radius 1 is 1.33 bits per heavy atom. The van der Waals surface area contributed by atoms with Crippen molar-refractivity contribution in [1.82, 2.24) is 5.01 Å².